The molecule has 0 N–H and O–H groups in total. The van der Waals surface area contributed by atoms with E-state index in [0.29, 0.717) is 35.5 Å². The Morgan fingerprint density at radius 2 is 1.89 bits per heavy atom. The molecule has 0 saturated carbocycles. The van der Waals surface area contributed by atoms with E-state index >= 15 is 0 Å². The maximum atomic E-state index is 13.4. The molecule has 0 atom stereocenters. The van der Waals surface area contributed by atoms with E-state index in [4.69, 9.17) is 4.74 Å². The zero-order chi connectivity index (χ0) is 24.4. The van der Waals surface area contributed by atoms with Crippen LogP contribution in [-0.2, 0) is 22.6 Å². The highest BCUT2D eigenvalue weighted by Gasteiger charge is 2.19. The van der Waals surface area contributed by atoms with Gasteiger partial charge in [0.2, 0.25) is 5.91 Å². The fourth-order valence-electron chi connectivity index (χ4n) is 4.29. The monoisotopic (exact) mass is 492 g/mol. The maximum absolute atomic E-state index is 13.4. The number of para-hydroxylation sites is 1. The van der Waals surface area contributed by atoms with Crippen molar-refractivity contribution in [2.45, 2.75) is 13.1 Å². The Morgan fingerprint density at radius 1 is 1.14 bits per heavy atom. The Labute approximate surface area is 206 Å². The van der Waals surface area contributed by atoms with Gasteiger partial charge in [-0.15, -0.1) is 11.3 Å². The van der Waals surface area contributed by atoms with Gasteiger partial charge < -0.3 is 14.5 Å². The normalized spacial score (nSPS) is 13.8. The minimum Gasteiger partial charge on any atom is -0.378 e. The van der Waals surface area contributed by atoms with Gasteiger partial charge in [0.15, 0.2) is 0 Å². The molecule has 2 aromatic carbocycles. The van der Waals surface area contributed by atoms with Gasteiger partial charge in [-0.2, -0.15) is 0 Å². The SMILES string of the molecule is CN(Cc1ccccc1N1CCOCC1)C(=O)Cn1cnc2scc(-c3ccc(F)cc3)c2c1=O. The van der Waals surface area contributed by atoms with Crippen molar-refractivity contribution in [3.05, 3.63) is 82.0 Å². The molecule has 5 rings (SSSR count). The first-order valence-electron chi connectivity index (χ1n) is 11.4. The molecule has 0 aliphatic carbocycles. The molecule has 7 nitrogen and oxygen atoms in total. The summed E-state index contributed by atoms with van der Waals surface area (Å²) in [6.45, 7) is 3.31. The van der Waals surface area contributed by atoms with Crippen LogP contribution < -0.4 is 10.5 Å². The second-order valence-corrected chi connectivity index (χ2v) is 9.35. The van der Waals surface area contributed by atoms with E-state index in [0.717, 1.165) is 29.9 Å². The summed E-state index contributed by atoms with van der Waals surface area (Å²) in [5.41, 5.74) is 3.28. The van der Waals surface area contributed by atoms with E-state index in [1.54, 1.807) is 24.1 Å². The van der Waals surface area contributed by atoms with E-state index in [1.165, 1.54) is 34.4 Å². The van der Waals surface area contributed by atoms with Crippen LogP contribution in [0.2, 0.25) is 0 Å². The van der Waals surface area contributed by atoms with Gasteiger partial charge in [0.25, 0.3) is 5.56 Å². The van der Waals surface area contributed by atoms with Crippen molar-refractivity contribution in [1.82, 2.24) is 14.5 Å². The van der Waals surface area contributed by atoms with E-state index in [-0.39, 0.29) is 23.8 Å². The number of anilines is 1. The van der Waals surface area contributed by atoms with Crippen LogP contribution in [0.5, 0.6) is 0 Å². The van der Waals surface area contributed by atoms with E-state index in [9.17, 15) is 14.0 Å². The highest BCUT2D eigenvalue weighted by molar-refractivity contribution is 7.17. The molecule has 0 unspecified atom stereocenters. The van der Waals surface area contributed by atoms with Crippen LogP contribution in [0.1, 0.15) is 5.56 Å². The summed E-state index contributed by atoms with van der Waals surface area (Å²) in [4.78, 5) is 35.3. The average molecular weight is 493 g/mol. The van der Waals surface area contributed by atoms with Crippen molar-refractivity contribution in [1.29, 1.82) is 0 Å². The maximum Gasteiger partial charge on any atom is 0.263 e. The number of hydrogen-bond acceptors (Lipinski definition) is 6. The second kappa shape index (κ2) is 9.97. The quantitative estimate of drug-likeness (QED) is 0.410. The molecule has 1 amide bonds. The van der Waals surface area contributed by atoms with Crippen molar-refractivity contribution in [3.63, 3.8) is 0 Å². The Bertz CT molecular complexity index is 1410. The van der Waals surface area contributed by atoms with Crippen LogP contribution in [0.25, 0.3) is 21.3 Å². The number of benzene rings is 2. The molecule has 1 saturated heterocycles. The number of amides is 1. The summed E-state index contributed by atoms with van der Waals surface area (Å²) in [5, 5.41) is 2.28. The molecule has 1 fully saturated rings. The fourth-order valence-corrected chi connectivity index (χ4v) is 5.20. The van der Waals surface area contributed by atoms with Crippen LogP contribution >= 0.6 is 11.3 Å². The number of ether oxygens (including phenoxy) is 1. The number of aromatic nitrogens is 2. The third-order valence-electron chi connectivity index (χ3n) is 6.20. The van der Waals surface area contributed by atoms with E-state index < -0.39 is 0 Å². The first-order valence-corrected chi connectivity index (χ1v) is 12.3. The number of halogens is 1. The van der Waals surface area contributed by atoms with Crippen molar-refractivity contribution in [3.8, 4) is 11.1 Å². The van der Waals surface area contributed by atoms with Gasteiger partial charge in [-0.05, 0) is 29.3 Å². The Morgan fingerprint density at radius 3 is 2.66 bits per heavy atom. The summed E-state index contributed by atoms with van der Waals surface area (Å²) in [6, 6.07) is 14.0. The molecule has 0 spiro atoms. The zero-order valence-corrected chi connectivity index (χ0v) is 20.1. The minimum atomic E-state index is -0.340. The van der Waals surface area contributed by atoms with Gasteiger partial charge in [0, 0.05) is 43.3 Å². The lowest BCUT2D eigenvalue weighted by molar-refractivity contribution is -0.131. The molecule has 2 aromatic heterocycles. The first kappa shape index (κ1) is 23.2. The highest BCUT2D eigenvalue weighted by Crippen LogP contribution is 2.30. The van der Waals surface area contributed by atoms with Gasteiger partial charge in [-0.1, -0.05) is 30.3 Å². The third kappa shape index (κ3) is 4.82. The standard InChI is InChI=1S/C26H25FN4O3S/c1-29(14-19-4-2-3-5-22(19)30-10-12-34-13-11-30)23(32)15-31-17-28-25-24(26(31)33)21(16-35-25)18-6-8-20(27)9-7-18/h2-9,16-17H,10-15H2,1H3. The van der Waals surface area contributed by atoms with Gasteiger partial charge in [-0.25, -0.2) is 9.37 Å². The number of likely N-dealkylation sites (N-methyl/N-ethyl adjacent to an activating group) is 1. The molecule has 9 heteroatoms. The van der Waals surface area contributed by atoms with Crippen molar-refractivity contribution in [2.75, 3.05) is 38.3 Å². The Balaban J connectivity index is 1.36. The van der Waals surface area contributed by atoms with Gasteiger partial charge in [0.1, 0.15) is 17.2 Å². The predicted octanol–water partition coefficient (Wildman–Crippen LogP) is 3.76. The van der Waals surface area contributed by atoms with Crippen molar-refractivity contribution < 1.29 is 13.9 Å². The summed E-state index contributed by atoms with van der Waals surface area (Å²) in [6.07, 6.45) is 1.42. The lowest BCUT2D eigenvalue weighted by atomic mass is 10.1. The Kier molecular flexibility index (Phi) is 6.61. The van der Waals surface area contributed by atoms with E-state index in [2.05, 4.69) is 16.0 Å². The first-order chi connectivity index (χ1) is 17.0. The van der Waals surface area contributed by atoms with Crippen molar-refractivity contribution >= 4 is 33.1 Å². The highest BCUT2D eigenvalue weighted by atomic mass is 32.1. The zero-order valence-electron chi connectivity index (χ0n) is 19.3. The third-order valence-corrected chi connectivity index (χ3v) is 7.08. The molecule has 35 heavy (non-hydrogen) atoms. The lowest BCUT2D eigenvalue weighted by Crippen LogP contribution is -2.38. The van der Waals surface area contributed by atoms with Crippen LogP contribution in [0, 0.1) is 5.82 Å². The number of rotatable bonds is 6. The number of thiophene rings is 1. The number of carbonyl (C=O) groups excluding carboxylic acids is 1. The summed E-state index contributed by atoms with van der Waals surface area (Å²) < 4.78 is 20.2. The summed E-state index contributed by atoms with van der Waals surface area (Å²) in [5.74, 6) is -0.531. The average Bonchev–Trinajstić information content (AvgIpc) is 3.32. The molecule has 3 heterocycles. The Hall–Kier alpha value is -3.56. The summed E-state index contributed by atoms with van der Waals surface area (Å²) >= 11 is 1.35. The fraction of sp³-hybridized carbons (Fsp3) is 0.269. The molecule has 180 valence electrons. The number of fused-ring (bicyclic) bond motifs is 1. The molecular weight excluding hydrogens is 467 g/mol. The van der Waals surface area contributed by atoms with Gasteiger partial charge >= 0.3 is 0 Å². The van der Waals surface area contributed by atoms with Crippen LogP contribution in [0.4, 0.5) is 10.1 Å². The number of hydrogen-bond donors (Lipinski definition) is 0. The molecule has 4 aromatic rings. The van der Waals surface area contributed by atoms with Crippen LogP contribution in [0.3, 0.4) is 0 Å². The molecule has 0 radical (unpaired) electrons. The van der Waals surface area contributed by atoms with Crippen LogP contribution in [-0.4, -0.2) is 53.7 Å². The topological polar surface area (TPSA) is 67.7 Å². The number of morpholine rings is 1. The molecule has 0 bridgehead atoms. The minimum absolute atomic E-state index is 0.114. The number of nitrogens with zero attached hydrogens (tertiary/aromatic N) is 4. The lowest BCUT2D eigenvalue weighted by Gasteiger charge is -2.31. The molecule has 1 aliphatic heterocycles. The van der Waals surface area contributed by atoms with Crippen LogP contribution in [0.15, 0.2) is 65.0 Å². The molecule has 1 aliphatic rings. The number of carbonyl (C=O) groups is 1. The molecular formula is C26H25FN4O3S. The van der Waals surface area contributed by atoms with Crippen molar-refractivity contribution in [2.24, 2.45) is 0 Å². The predicted molar refractivity (Wildman–Crippen MR) is 135 cm³/mol. The second-order valence-electron chi connectivity index (χ2n) is 8.49. The largest absolute Gasteiger partial charge is 0.378 e. The summed E-state index contributed by atoms with van der Waals surface area (Å²) in [7, 11) is 1.74. The smallest absolute Gasteiger partial charge is 0.263 e. The van der Waals surface area contributed by atoms with Gasteiger partial charge in [-0.3, -0.25) is 14.2 Å². The van der Waals surface area contributed by atoms with Gasteiger partial charge in [0.05, 0.1) is 24.9 Å². The van der Waals surface area contributed by atoms with E-state index in [1.807, 2.05) is 23.6 Å².